The molecular weight excluding hydrogens is 306 g/mol. The number of benzene rings is 1. The van der Waals surface area contributed by atoms with E-state index < -0.39 is 21.7 Å². The van der Waals surface area contributed by atoms with Crippen LogP contribution in [0, 0.1) is 5.92 Å². The number of nitrogens with one attached hydrogen (secondary N) is 1. The van der Waals surface area contributed by atoms with Crippen LogP contribution in [0.1, 0.15) is 45.0 Å². The molecule has 1 rings (SSSR count). The van der Waals surface area contributed by atoms with Gasteiger partial charge in [-0.2, -0.15) is 18.2 Å². The van der Waals surface area contributed by atoms with Gasteiger partial charge in [-0.3, -0.25) is 0 Å². The maximum Gasteiger partial charge on any atom is 0.340 e. The minimum atomic E-state index is -4.10. The number of carbonyl (C=O) groups is 1. The Morgan fingerprint density at radius 2 is 1.82 bits per heavy atom. The van der Waals surface area contributed by atoms with E-state index in [4.69, 9.17) is 9.02 Å². The highest BCUT2D eigenvalue weighted by Gasteiger charge is 2.26. The van der Waals surface area contributed by atoms with Crippen LogP contribution < -0.4 is 5.48 Å². The van der Waals surface area contributed by atoms with Gasteiger partial charge in [-0.25, -0.2) is 4.79 Å². The minimum absolute atomic E-state index is 0.0521. The summed E-state index contributed by atoms with van der Waals surface area (Å²) in [6, 6.07) is 5.80. The minimum Gasteiger partial charge on any atom is -0.456 e. The van der Waals surface area contributed by atoms with Crippen molar-refractivity contribution < 1.29 is 22.2 Å². The molecular formula is C15H23NO5S. The lowest BCUT2D eigenvalue weighted by Gasteiger charge is -2.20. The predicted molar refractivity (Wildman–Crippen MR) is 82.7 cm³/mol. The van der Waals surface area contributed by atoms with Crippen LogP contribution in [0.5, 0.6) is 0 Å². The quantitative estimate of drug-likeness (QED) is 0.638. The van der Waals surface area contributed by atoms with E-state index in [1.165, 1.54) is 18.2 Å². The Labute approximate surface area is 131 Å². The number of hydrogen-bond donors (Lipinski definition) is 1. The molecule has 0 aliphatic rings. The first-order valence-electron chi connectivity index (χ1n) is 7.01. The smallest absolute Gasteiger partial charge is 0.340 e. The molecule has 22 heavy (non-hydrogen) atoms. The normalized spacial score (nSPS) is 12.5. The topological polar surface area (TPSA) is 81.7 Å². The molecule has 0 amide bonds. The van der Waals surface area contributed by atoms with Crippen molar-refractivity contribution >= 4 is 16.1 Å². The molecule has 0 radical (unpaired) electrons. The number of ether oxygens (including phenoxy) is 1. The monoisotopic (exact) mass is 329 g/mol. The molecule has 7 heteroatoms. The maximum atomic E-state index is 12.2. The van der Waals surface area contributed by atoms with Crippen molar-refractivity contribution in [1.82, 2.24) is 5.48 Å². The number of esters is 1. The standard InChI is InChI=1S/C15H23NO5S/c1-11(2)10-16-21-22(18,19)13-9-7-6-8-12(13)14(17)20-15(3,4)5/h6-9,11,16H,10H2,1-5H3. The van der Waals surface area contributed by atoms with Crippen LogP contribution in [0.15, 0.2) is 29.2 Å². The molecule has 0 heterocycles. The van der Waals surface area contributed by atoms with E-state index in [-0.39, 0.29) is 16.4 Å². The second-order valence-corrected chi connectivity index (χ2v) is 7.79. The van der Waals surface area contributed by atoms with Crippen LogP contribution >= 0.6 is 0 Å². The third-order valence-electron chi connectivity index (χ3n) is 2.44. The lowest BCUT2D eigenvalue weighted by Crippen LogP contribution is -2.27. The molecule has 0 saturated carbocycles. The van der Waals surface area contributed by atoms with E-state index in [0.717, 1.165) is 0 Å². The van der Waals surface area contributed by atoms with Gasteiger partial charge in [0, 0.05) is 6.54 Å². The Balaban J connectivity index is 3.02. The van der Waals surface area contributed by atoms with Gasteiger partial charge in [0.15, 0.2) is 0 Å². The summed E-state index contributed by atoms with van der Waals surface area (Å²) in [7, 11) is -4.10. The van der Waals surface area contributed by atoms with E-state index in [1.807, 2.05) is 13.8 Å². The van der Waals surface area contributed by atoms with Crippen LogP contribution in [-0.4, -0.2) is 26.5 Å². The first-order valence-corrected chi connectivity index (χ1v) is 8.42. The maximum absolute atomic E-state index is 12.2. The molecule has 0 bridgehead atoms. The molecule has 1 aromatic carbocycles. The van der Waals surface area contributed by atoms with Gasteiger partial charge >= 0.3 is 16.1 Å². The summed E-state index contributed by atoms with van der Waals surface area (Å²) in [6.45, 7) is 9.33. The Morgan fingerprint density at radius 3 is 2.36 bits per heavy atom. The van der Waals surface area contributed by atoms with Crippen LogP contribution in [0.2, 0.25) is 0 Å². The van der Waals surface area contributed by atoms with Gasteiger partial charge in [0.25, 0.3) is 0 Å². The zero-order valence-electron chi connectivity index (χ0n) is 13.5. The molecule has 0 spiro atoms. The van der Waals surface area contributed by atoms with E-state index in [2.05, 4.69) is 5.48 Å². The van der Waals surface area contributed by atoms with E-state index in [0.29, 0.717) is 6.54 Å². The first kappa shape index (κ1) is 18.6. The van der Waals surface area contributed by atoms with Crippen molar-refractivity contribution in [2.24, 2.45) is 5.92 Å². The predicted octanol–water partition coefficient (Wildman–Crippen LogP) is 2.51. The van der Waals surface area contributed by atoms with Gasteiger partial charge in [-0.05, 0) is 38.8 Å². The van der Waals surface area contributed by atoms with Crippen molar-refractivity contribution in [3.05, 3.63) is 29.8 Å². The highest BCUT2D eigenvalue weighted by Crippen LogP contribution is 2.20. The van der Waals surface area contributed by atoms with Crippen LogP contribution in [-0.2, 0) is 19.1 Å². The Kier molecular flexibility index (Phi) is 6.10. The molecule has 1 N–H and O–H groups in total. The SMILES string of the molecule is CC(C)CNOS(=O)(=O)c1ccccc1C(=O)OC(C)(C)C. The molecule has 0 aliphatic heterocycles. The van der Waals surface area contributed by atoms with Crippen molar-refractivity contribution in [2.45, 2.75) is 45.1 Å². The van der Waals surface area contributed by atoms with Crippen LogP contribution in [0.25, 0.3) is 0 Å². The second-order valence-electron chi connectivity index (χ2n) is 6.28. The zero-order valence-corrected chi connectivity index (χ0v) is 14.4. The lowest BCUT2D eigenvalue weighted by atomic mass is 10.1. The highest BCUT2D eigenvalue weighted by molar-refractivity contribution is 7.86. The van der Waals surface area contributed by atoms with E-state index in [9.17, 15) is 13.2 Å². The molecule has 0 atom stereocenters. The number of hydrogen-bond acceptors (Lipinski definition) is 6. The number of hydroxylamine groups is 1. The van der Waals surface area contributed by atoms with Crippen molar-refractivity contribution in [3.8, 4) is 0 Å². The fraction of sp³-hybridized carbons (Fsp3) is 0.533. The molecule has 0 aliphatic carbocycles. The molecule has 1 aromatic rings. The van der Waals surface area contributed by atoms with Gasteiger partial charge in [0.05, 0.1) is 5.56 Å². The fourth-order valence-electron chi connectivity index (χ4n) is 1.51. The Morgan fingerprint density at radius 1 is 1.23 bits per heavy atom. The highest BCUT2D eigenvalue weighted by atomic mass is 32.2. The van der Waals surface area contributed by atoms with Gasteiger partial charge in [0.1, 0.15) is 10.5 Å². The summed E-state index contributed by atoms with van der Waals surface area (Å²) in [5.74, 6) is -0.490. The Hall–Kier alpha value is -1.44. The van der Waals surface area contributed by atoms with Crippen molar-refractivity contribution in [2.75, 3.05) is 6.54 Å². The van der Waals surface area contributed by atoms with Crippen molar-refractivity contribution in [1.29, 1.82) is 0 Å². The Bertz CT molecular complexity index is 617. The molecule has 124 valence electrons. The van der Waals surface area contributed by atoms with Crippen LogP contribution in [0.3, 0.4) is 0 Å². The largest absolute Gasteiger partial charge is 0.456 e. The van der Waals surface area contributed by atoms with Gasteiger partial charge in [0.2, 0.25) is 0 Å². The number of carbonyl (C=O) groups excluding carboxylic acids is 1. The van der Waals surface area contributed by atoms with E-state index >= 15 is 0 Å². The van der Waals surface area contributed by atoms with Crippen molar-refractivity contribution in [3.63, 3.8) is 0 Å². The van der Waals surface area contributed by atoms with Crippen LogP contribution in [0.4, 0.5) is 0 Å². The summed E-state index contributed by atoms with van der Waals surface area (Å²) in [4.78, 5) is 11.9. The summed E-state index contributed by atoms with van der Waals surface area (Å²) in [5, 5.41) is 0. The average Bonchev–Trinajstić information content (AvgIpc) is 2.36. The summed E-state index contributed by atoms with van der Waals surface area (Å²) >= 11 is 0. The zero-order chi connectivity index (χ0) is 17.0. The van der Waals surface area contributed by atoms with Gasteiger partial charge in [-0.1, -0.05) is 26.0 Å². The lowest BCUT2D eigenvalue weighted by molar-refractivity contribution is 0.00644. The average molecular weight is 329 g/mol. The number of rotatable bonds is 6. The summed E-state index contributed by atoms with van der Waals surface area (Å²) in [5.41, 5.74) is 1.63. The molecule has 0 saturated heterocycles. The first-order chi connectivity index (χ1) is 10.0. The summed E-state index contributed by atoms with van der Waals surface area (Å²) in [6.07, 6.45) is 0. The molecule has 0 unspecified atom stereocenters. The summed E-state index contributed by atoms with van der Waals surface area (Å²) < 4.78 is 34.4. The molecule has 6 nitrogen and oxygen atoms in total. The third kappa shape index (κ3) is 5.75. The van der Waals surface area contributed by atoms with Gasteiger partial charge in [-0.15, -0.1) is 0 Å². The fourth-order valence-corrected chi connectivity index (χ4v) is 2.49. The molecule has 0 fully saturated rings. The second kappa shape index (κ2) is 7.21. The third-order valence-corrected chi connectivity index (χ3v) is 3.67. The molecule has 0 aromatic heterocycles. The van der Waals surface area contributed by atoms with Gasteiger partial charge < -0.3 is 4.74 Å². The van der Waals surface area contributed by atoms with E-state index in [1.54, 1.807) is 26.8 Å².